The molecule has 1 aromatic rings. The minimum absolute atomic E-state index is 0.261. The molecule has 0 spiro atoms. The normalized spacial score (nSPS) is 21.0. The van der Waals surface area contributed by atoms with Crippen LogP contribution in [0.3, 0.4) is 0 Å². The number of aromatic carboxylic acids is 1. The molecule has 4 nitrogen and oxygen atoms in total. The number of nitrogens with zero attached hydrogens (tertiary/aromatic N) is 1. The van der Waals surface area contributed by atoms with E-state index in [9.17, 15) is 4.79 Å². The molecule has 0 amide bonds. The quantitative estimate of drug-likeness (QED) is 0.812. The lowest BCUT2D eigenvalue weighted by Gasteiger charge is -2.17. The minimum atomic E-state index is -0.930. The Bertz CT molecular complexity index is 478. The van der Waals surface area contributed by atoms with E-state index in [0.717, 1.165) is 11.6 Å². The molecule has 1 fully saturated rings. The van der Waals surface area contributed by atoms with Crippen LogP contribution in [0, 0.1) is 11.8 Å². The molecule has 2 atom stereocenters. The number of carboxylic acid groups (broad SMARTS) is 1. The van der Waals surface area contributed by atoms with Gasteiger partial charge in [-0.15, -0.1) is 0 Å². The van der Waals surface area contributed by atoms with E-state index in [0.29, 0.717) is 18.3 Å². The molecular formula is C14H19NO3S. The van der Waals surface area contributed by atoms with Crippen molar-refractivity contribution in [3.63, 3.8) is 0 Å². The molecule has 1 saturated carbocycles. The summed E-state index contributed by atoms with van der Waals surface area (Å²) in [5.41, 5.74) is 1.10. The first kappa shape index (κ1) is 14.1. The Balaban J connectivity index is 2.15. The molecule has 0 aromatic heterocycles. The van der Waals surface area contributed by atoms with Gasteiger partial charge in [0.05, 0.1) is 17.9 Å². The summed E-state index contributed by atoms with van der Waals surface area (Å²) in [6.07, 6.45) is 3.15. The zero-order chi connectivity index (χ0) is 14.0. The Labute approximate surface area is 117 Å². The summed E-state index contributed by atoms with van der Waals surface area (Å²) in [4.78, 5) is 11.1. The van der Waals surface area contributed by atoms with Crippen molar-refractivity contribution in [1.29, 1.82) is 0 Å². The van der Waals surface area contributed by atoms with Crippen LogP contribution in [0.2, 0.25) is 0 Å². The lowest BCUT2D eigenvalue weighted by Crippen LogP contribution is -2.08. The summed E-state index contributed by atoms with van der Waals surface area (Å²) in [5, 5.41) is 9.14. The van der Waals surface area contributed by atoms with Gasteiger partial charge < -0.3 is 14.1 Å². The zero-order valence-corrected chi connectivity index (χ0v) is 12.2. The SMILES string of the molecule is CSN(C)c1cc(OCC2CC2C)cc(C(=O)O)c1. The van der Waals surface area contributed by atoms with Gasteiger partial charge in [-0.1, -0.05) is 18.9 Å². The molecule has 0 saturated heterocycles. The van der Waals surface area contributed by atoms with Gasteiger partial charge in [0.15, 0.2) is 0 Å². The van der Waals surface area contributed by atoms with Gasteiger partial charge in [-0.25, -0.2) is 4.79 Å². The Hall–Kier alpha value is -1.36. The predicted octanol–water partition coefficient (Wildman–Crippen LogP) is 3.13. The molecule has 1 N–H and O–H groups in total. The molecule has 0 radical (unpaired) electrons. The second-order valence-electron chi connectivity index (χ2n) is 4.98. The Kier molecular flexibility index (Phi) is 4.24. The number of rotatable bonds is 6. The maximum absolute atomic E-state index is 11.1. The number of anilines is 1. The summed E-state index contributed by atoms with van der Waals surface area (Å²) in [5.74, 6) is 1.06. The van der Waals surface area contributed by atoms with Crippen molar-refractivity contribution < 1.29 is 14.6 Å². The first-order valence-electron chi connectivity index (χ1n) is 6.30. The van der Waals surface area contributed by atoms with E-state index < -0.39 is 5.97 Å². The fourth-order valence-corrected chi connectivity index (χ4v) is 2.23. The molecule has 1 aliphatic carbocycles. The monoisotopic (exact) mass is 281 g/mol. The molecule has 19 heavy (non-hydrogen) atoms. The molecule has 2 unspecified atom stereocenters. The highest BCUT2D eigenvalue weighted by molar-refractivity contribution is 7.99. The Morgan fingerprint density at radius 2 is 2.21 bits per heavy atom. The number of benzene rings is 1. The van der Waals surface area contributed by atoms with E-state index in [-0.39, 0.29) is 5.56 Å². The molecule has 0 aliphatic heterocycles. The molecule has 104 valence electrons. The predicted molar refractivity (Wildman–Crippen MR) is 78.1 cm³/mol. The Morgan fingerprint density at radius 3 is 2.74 bits per heavy atom. The molecular weight excluding hydrogens is 262 g/mol. The van der Waals surface area contributed by atoms with Crippen molar-refractivity contribution >= 4 is 23.6 Å². The van der Waals surface area contributed by atoms with Crippen LogP contribution < -0.4 is 9.04 Å². The van der Waals surface area contributed by atoms with E-state index in [1.54, 1.807) is 12.1 Å². The van der Waals surface area contributed by atoms with E-state index >= 15 is 0 Å². The number of hydrogen-bond donors (Lipinski definition) is 1. The maximum atomic E-state index is 11.1. The van der Waals surface area contributed by atoms with Crippen molar-refractivity contribution in [3.8, 4) is 5.75 Å². The van der Waals surface area contributed by atoms with Crippen LogP contribution in [0.15, 0.2) is 18.2 Å². The van der Waals surface area contributed by atoms with Gasteiger partial charge in [-0.2, -0.15) is 0 Å². The fraction of sp³-hybridized carbons (Fsp3) is 0.500. The van der Waals surface area contributed by atoms with Gasteiger partial charge in [0.1, 0.15) is 5.75 Å². The summed E-state index contributed by atoms with van der Waals surface area (Å²) < 4.78 is 7.64. The maximum Gasteiger partial charge on any atom is 0.335 e. The van der Waals surface area contributed by atoms with Crippen LogP contribution in [0.25, 0.3) is 0 Å². The number of carbonyl (C=O) groups is 1. The standard InChI is InChI=1S/C14H19NO3S/c1-9-4-11(9)8-18-13-6-10(14(16)17)5-12(7-13)15(2)19-3/h5-7,9,11H,4,8H2,1-3H3,(H,16,17). The van der Waals surface area contributed by atoms with Crippen LogP contribution >= 0.6 is 11.9 Å². The molecule has 5 heteroatoms. The van der Waals surface area contributed by atoms with Gasteiger partial charge in [0.25, 0.3) is 0 Å². The van der Waals surface area contributed by atoms with Crippen molar-refractivity contribution in [2.75, 3.05) is 24.2 Å². The second kappa shape index (κ2) is 5.74. The fourth-order valence-electron chi connectivity index (χ4n) is 1.91. The lowest BCUT2D eigenvalue weighted by molar-refractivity contribution is 0.0696. The number of ether oxygens (including phenoxy) is 1. The third kappa shape index (κ3) is 3.56. The van der Waals surface area contributed by atoms with Crippen LogP contribution in [0.1, 0.15) is 23.7 Å². The first-order chi connectivity index (χ1) is 9.01. The van der Waals surface area contributed by atoms with Crippen molar-refractivity contribution in [1.82, 2.24) is 0 Å². The summed E-state index contributed by atoms with van der Waals surface area (Å²) in [6, 6.07) is 5.13. The van der Waals surface area contributed by atoms with E-state index in [1.165, 1.54) is 18.4 Å². The minimum Gasteiger partial charge on any atom is -0.493 e. The average Bonchev–Trinajstić information content (AvgIpc) is 3.11. The van der Waals surface area contributed by atoms with Crippen LogP contribution in [-0.4, -0.2) is 31.0 Å². The van der Waals surface area contributed by atoms with Crippen molar-refractivity contribution in [2.45, 2.75) is 13.3 Å². The first-order valence-corrected chi connectivity index (χ1v) is 7.48. The summed E-state index contributed by atoms with van der Waals surface area (Å²) in [6.45, 7) is 2.88. The van der Waals surface area contributed by atoms with E-state index in [2.05, 4.69) is 6.92 Å². The highest BCUT2D eigenvalue weighted by atomic mass is 32.2. The van der Waals surface area contributed by atoms with Gasteiger partial charge >= 0.3 is 5.97 Å². The van der Waals surface area contributed by atoms with Gasteiger partial charge in [-0.3, -0.25) is 0 Å². The number of hydrogen-bond acceptors (Lipinski definition) is 4. The molecule has 0 heterocycles. The van der Waals surface area contributed by atoms with Crippen molar-refractivity contribution in [2.24, 2.45) is 11.8 Å². The van der Waals surface area contributed by atoms with Gasteiger partial charge in [0, 0.05) is 19.4 Å². The largest absolute Gasteiger partial charge is 0.493 e. The third-order valence-electron chi connectivity index (χ3n) is 3.52. The number of carboxylic acids is 1. The molecule has 2 rings (SSSR count). The molecule has 1 aliphatic rings. The van der Waals surface area contributed by atoms with Gasteiger partial charge in [0.2, 0.25) is 0 Å². The lowest BCUT2D eigenvalue weighted by atomic mass is 10.2. The van der Waals surface area contributed by atoms with Gasteiger partial charge in [-0.05, 0) is 30.4 Å². The Morgan fingerprint density at radius 1 is 1.53 bits per heavy atom. The highest BCUT2D eigenvalue weighted by Crippen LogP contribution is 2.38. The highest BCUT2D eigenvalue weighted by Gasteiger charge is 2.33. The van der Waals surface area contributed by atoms with Crippen molar-refractivity contribution in [3.05, 3.63) is 23.8 Å². The topological polar surface area (TPSA) is 49.8 Å². The second-order valence-corrected chi connectivity index (χ2v) is 5.90. The van der Waals surface area contributed by atoms with Crippen LogP contribution in [0.5, 0.6) is 5.75 Å². The van der Waals surface area contributed by atoms with Crippen LogP contribution in [-0.2, 0) is 0 Å². The van der Waals surface area contributed by atoms with Crippen LogP contribution in [0.4, 0.5) is 5.69 Å². The van der Waals surface area contributed by atoms with E-state index in [4.69, 9.17) is 9.84 Å². The molecule has 0 bridgehead atoms. The molecule has 1 aromatic carbocycles. The zero-order valence-electron chi connectivity index (χ0n) is 11.4. The smallest absolute Gasteiger partial charge is 0.335 e. The summed E-state index contributed by atoms with van der Waals surface area (Å²) >= 11 is 1.53. The third-order valence-corrected chi connectivity index (χ3v) is 4.27. The average molecular weight is 281 g/mol. The summed E-state index contributed by atoms with van der Waals surface area (Å²) in [7, 11) is 1.90. The van der Waals surface area contributed by atoms with E-state index in [1.807, 2.05) is 23.7 Å².